The van der Waals surface area contributed by atoms with Crippen LogP contribution in [0.2, 0.25) is 5.15 Å². The van der Waals surface area contributed by atoms with Gasteiger partial charge in [0.25, 0.3) is 11.1 Å². The van der Waals surface area contributed by atoms with E-state index in [4.69, 9.17) is 16.3 Å². The first-order chi connectivity index (χ1) is 33.1. The third-order valence-electron chi connectivity index (χ3n) is 10.4. The molecular formula is C46H65ClN14O8S. The number of H-pyrrole nitrogens is 2. The van der Waals surface area contributed by atoms with Crippen LogP contribution in [0.4, 0.5) is 42.8 Å². The zero-order valence-corrected chi connectivity index (χ0v) is 42.7. The fourth-order valence-corrected chi connectivity index (χ4v) is 8.16. The predicted octanol–water partition coefficient (Wildman–Crippen LogP) is 8.21. The summed E-state index contributed by atoms with van der Waals surface area (Å²) in [5.74, 6) is 0.635. The van der Waals surface area contributed by atoms with Gasteiger partial charge in [-0.25, -0.2) is 39.1 Å². The number of amides is 5. The van der Waals surface area contributed by atoms with Gasteiger partial charge in [0.05, 0.1) is 18.8 Å². The van der Waals surface area contributed by atoms with Gasteiger partial charge in [-0.05, 0) is 93.4 Å². The summed E-state index contributed by atoms with van der Waals surface area (Å²) in [5, 5.41) is 22.0. The monoisotopic (exact) mass is 1010 g/mol. The highest BCUT2D eigenvalue weighted by Crippen LogP contribution is 2.31. The van der Waals surface area contributed by atoms with Gasteiger partial charge in [-0.2, -0.15) is 0 Å². The number of hydrogen-bond acceptors (Lipinski definition) is 16. The van der Waals surface area contributed by atoms with E-state index in [1.54, 1.807) is 19.9 Å². The average Bonchev–Trinajstić information content (AvgIpc) is 3.64. The van der Waals surface area contributed by atoms with Crippen LogP contribution in [0.5, 0.6) is 0 Å². The Bertz CT molecular complexity index is 2540. The highest BCUT2D eigenvalue weighted by Gasteiger charge is 2.23. The van der Waals surface area contributed by atoms with Gasteiger partial charge in [0.2, 0.25) is 23.1 Å². The summed E-state index contributed by atoms with van der Waals surface area (Å²) in [4.78, 5) is 103. The first-order valence-corrected chi connectivity index (χ1v) is 23.9. The van der Waals surface area contributed by atoms with E-state index in [0.29, 0.717) is 72.6 Å². The minimum atomic E-state index is -0.475. The lowest BCUT2D eigenvalue weighted by molar-refractivity contribution is 0.112. The number of anilines is 3. The molecule has 380 valence electrons. The highest BCUT2D eigenvalue weighted by molar-refractivity contribution is 7.17. The number of isocyanates is 1. The van der Waals surface area contributed by atoms with Crippen LogP contribution in [0.3, 0.4) is 0 Å². The van der Waals surface area contributed by atoms with Crippen molar-refractivity contribution in [2.45, 2.75) is 88.0 Å². The number of aromatic nitrogens is 5. The smallest absolute Gasteiger partial charge is 0.407 e. The third-order valence-corrected chi connectivity index (χ3v) is 11.7. The Balaban J connectivity index is 0.000000454. The molecule has 3 aromatic heterocycles. The number of halogens is 1. The number of aryl methyl sites for hydroxylation is 2. The maximum absolute atomic E-state index is 12.3. The number of aldehydes is 1. The molecule has 24 heteroatoms. The number of likely N-dealkylation sites (N-methyl/N-ethyl adjacent to an activating group) is 1. The van der Waals surface area contributed by atoms with E-state index in [1.807, 2.05) is 45.0 Å². The molecule has 7 N–H and O–H groups in total. The van der Waals surface area contributed by atoms with Crippen LogP contribution >= 0.6 is 22.9 Å². The summed E-state index contributed by atoms with van der Waals surface area (Å²) in [6, 6.07) is 9.25. The molecule has 0 spiro atoms. The zero-order chi connectivity index (χ0) is 51.9. The number of nitrogens with one attached hydrogen (secondary N) is 7. The average molecular weight is 1010 g/mol. The van der Waals surface area contributed by atoms with Crippen molar-refractivity contribution in [3.63, 3.8) is 0 Å². The Kier molecular flexibility index (Phi) is 23.5. The molecule has 0 saturated carbocycles. The van der Waals surface area contributed by atoms with Crippen molar-refractivity contribution in [3.05, 3.63) is 78.5 Å². The molecule has 0 aliphatic rings. The zero-order valence-electron chi connectivity index (χ0n) is 41.2. The van der Waals surface area contributed by atoms with Gasteiger partial charge in [-0.15, -0.1) is 10.2 Å². The van der Waals surface area contributed by atoms with Crippen molar-refractivity contribution >= 4 is 81.9 Å². The van der Waals surface area contributed by atoms with Gasteiger partial charge in [0.15, 0.2) is 11.4 Å². The molecule has 1 aromatic carbocycles. The number of urea groups is 2. The second kappa shape index (κ2) is 28.6. The number of hydrogen-bond donors (Lipinski definition) is 7. The van der Waals surface area contributed by atoms with Crippen molar-refractivity contribution in [3.8, 4) is 0 Å². The Morgan fingerprint density at radius 1 is 0.857 bits per heavy atom. The first kappa shape index (κ1) is 57.5. The number of aliphatic imine (C=N–C) groups is 1. The number of alkyl carbamates (subject to hydrolysis) is 1. The van der Waals surface area contributed by atoms with Gasteiger partial charge in [0.1, 0.15) is 11.5 Å². The molecule has 22 nitrogen and oxygen atoms in total. The Labute approximate surface area is 415 Å². The molecule has 0 radical (unpaired) electrons. The summed E-state index contributed by atoms with van der Waals surface area (Å²) >= 11 is 6.93. The van der Waals surface area contributed by atoms with Crippen LogP contribution < -0.4 is 42.6 Å². The Morgan fingerprint density at radius 3 is 1.89 bits per heavy atom. The molecule has 0 fully saturated rings. The van der Waals surface area contributed by atoms with Crippen molar-refractivity contribution in [1.29, 1.82) is 0 Å². The number of carbonyl (C=O) groups excluding carboxylic acids is 5. The van der Waals surface area contributed by atoms with Crippen molar-refractivity contribution < 1.29 is 28.7 Å². The Morgan fingerprint density at radius 2 is 1.40 bits per heavy atom. The Hall–Kier alpha value is -6.84. The number of carbonyl (C=O) groups is 4. The summed E-state index contributed by atoms with van der Waals surface area (Å²) in [5.41, 5.74) is 1.87. The van der Waals surface area contributed by atoms with Gasteiger partial charge in [0, 0.05) is 55.4 Å². The summed E-state index contributed by atoms with van der Waals surface area (Å²) in [6.45, 7) is 21.2. The third kappa shape index (κ3) is 22.5. The molecule has 3 heterocycles. The van der Waals surface area contributed by atoms with E-state index < -0.39 is 18.2 Å². The first-order valence-electron chi connectivity index (χ1n) is 22.7. The summed E-state index contributed by atoms with van der Waals surface area (Å²) in [7, 11) is 0. The fraction of sp³-hybridized carbons (Fsp3) is 0.522. The number of aromatic amines is 2. The number of thiazole rings is 1. The van der Waals surface area contributed by atoms with Crippen LogP contribution in [0.15, 0.2) is 61.2 Å². The predicted molar refractivity (Wildman–Crippen MR) is 271 cm³/mol. The molecular weight excluding hydrogens is 944 g/mol. The SMILES string of the molecule is CCN(CCOC(=O)NCCC(C)(C)CC(C)CNC(=O)Nc1nc(C)cc(=O)[nH]1)c1ccc(N=Nc2nc(Cl)c(C=O)s2)cc1.Cc1cc(=O)[nH]c(NC(=O)NCC(C)CC(C)(C)CCN=C=O)n1. The lowest BCUT2D eigenvalue weighted by atomic mass is 9.80. The molecule has 4 aromatic rings. The van der Waals surface area contributed by atoms with E-state index >= 15 is 0 Å². The van der Waals surface area contributed by atoms with E-state index in [9.17, 15) is 33.6 Å². The lowest BCUT2D eigenvalue weighted by Crippen LogP contribution is -2.35. The number of azo groups is 1. The topological polar surface area (TPSA) is 299 Å². The molecule has 0 bridgehead atoms. The van der Waals surface area contributed by atoms with Gasteiger partial charge < -0.3 is 25.6 Å². The van der Waals surface area contributed by atoms with Crippen molar-refractivity contribution in [2.75, 3.05) is 61.4 Å². The van der Waals surface area contributed by atoms with Crippen LogP contribution in [0.1, 0.15) is 95.2 Å². The quantitative estimate of drug-likeness (QED) is 0.0151. The van der Waals surface area contributed by atoms with Crippen molar-refractivity contribution in [2.24, 2.45) is 37.9 Å². The minimum absolute atomic E-state index is 0.0151. The molecule has 0 saturated heterocycles. The number of rotatable bonds is 24. The fourth-order valence-electron chi connectivity index (χ4n) is 7.27. The van der Waals surface area contributed by atoms with Crippen LogP contribution in [-0.4, -0.2) is 101 Å². The molecule has 0 aliphatic carbocycles. The molecule has 4 rings (SSSR count). The standard InChI is InChI=1S/C30H40ClN9O5S.C16H25N5O3/c1-6-40(22-9-7-21(8-10-22)38-39-28-36-25(31)23(18-41)46-28)13-14-45-29(44)32-12-11-30(4,5)16-19(2)17-33-27(43)37-26-34-20(3)15-24(42)35-26;1-11(8-16(3,4)5-6-17-10-22)9-18-15(24)21-14-19-12(2)7-13(23)20-14/h7-10,15,18-19H,6,11-14,16-17H2,1-5H3,(H,32,44)(H3,33,34,35,37,42,43);7,11H,5-6,8-9H2,1-4H3,(H3,18,19,20,21,23,24). The van der Waals surface area contributed by atoms with Crippen LogP contribution in [0.25, 0.3) is 0 Å². The second-order valence-corrected chi connectivity index (χ2v) is 19.6. The molecule has 2 atom stereocenters. The largest absolute Gasteiger partial charge is 0.448 e. The number of ether oxygens (including phenoxy) is 1. The number of benzene rings is 1. The van der Waals surface area contributed by atoms with Crippen molar-refractivity contribution in [1.82, 2.24) is 40.9 Å². The maximum atomic E-state index is 12.3. The molecule has 2 unspecified atom stereocenters. The van der Waals surface area contributed by atoms with Crippen LogP contribution in [0, 0.1) is 36.5 Å². The molecule has 0 aliphatic heterocycles. The normalized spacial score (nSPS) is 12.1. The van der Waals surface area contributed by atoms with Gasteiger partial charge >= 0.3 is 18.2 Å². The summed E-state index contributed by atoms with van der Waals surface area (Å²) < 4.78 is 5.40. The molecule has 70 heavy (non-hydrogen) atoms. The number of nitrogens with zero attached hydrogens (tertiary/aromatic N) is 7. The van der Waals surface area contributed by atoms with E-state index in [0.717, 1.165) is 42.7 Å². The maximum Gasteiger partial charge on any atom is 0.407 e. The minimum Gasteiger partial charge on any atom is -0.448 e. The highest BCUT2D eigenvalue weighted by atomic mass is 35.5. The molecule has 5 amide bonds. The van der Waals surface area contributed by atoms with Crippen LogP contribution in [-0.2, 0) is 9.53 Å². The van der Waals surface area contributed by atoms with E-state index in [2.05, 4.69) is 99.3 Å². The van der Waals surface area contributed by atoms with E-state index in [1.165, 1.54) is 12.1 Å². The lowest BCUT2D eigenvalue weighted by Gasteiger charge is -2.28. The second-order valence-electron chi connectivity index (χ2n) is 18.2. The van der Waals surface area contributed by atoms with Gasteiger partial charge in [-0.1, -0.05) is 64.5 Å². The van der Waals surface area contributed by atoms with E-state index in [-0.39, 0.29) is 57.4 Å². The van der Waals surface area contributed by atoms with Gasteiger partial charge in [-0.3, -0.25) is 35.0 Å². The summed E-state index contributed by atoms with van der Waals surface area (Å²) in [6.07, 6.45) is 4.91.